The zero-order chi connectivity index (χ0) is 19.3. The number of nitrogens with two attached hydrogens (primary N) is 3. The van der Waals surface area contributed by atoms with Crippen LogP contribution in [-0.4, -0.2) is 35.6 Å². The maximum Gasteiger partial charge on any atom is 0.259 e. The third-order valence-electron chi connectivity index (χ3n) is 3.23. The number of primary amides is 2. The highest BCUT2D eigenvalue weighted by Crippen LogP contribution is 2.27. The Morgan fingerprint density at radius 2 is 1.88 bits per heavy atom. The predicted molar refractivity (Wildman–Crippen MR) is 98.0 cm³/mol. The highest BCUT2D eigenvalue weighted by Gasteiger charge is 2.20. The van der Waals surface area contributed by atoms with Crippen LogP contribution in [0.25, 0.3) is 0 Å². The largest absolute Gasteiger partial charge is 0.495 e. The van der Waals surface area contributed by atoms with Gasteiger partial charge in [0.05, 0.1) is 29.7 Å². The van der Waals surface area contributed by atoms with Crippen LogP contribution in [0.1, 0.15) is 20.7 Å². The van der Waals surface area contributed by atoms with Gasteiger partial charge in [-0.15, -0.1) is 0 Å². The Balaban J connectivity index is 2.36. The Morgan fingerprint density at radius 1 is 1.19 bits per heavy atom. The molecule has 1 aromatic carbocycles. The average molecular weight is 375 g/mol. The van der Waals surface area contributed by atoms with E-state index >= 15 is 0 Å². The Bertz CT molecular complexity index is 872. The molecule has 0 saturated carbocycles. The van der Waals surface area contributed by atoms with Gasteiger partial charge < -0.3 is 27.3 Å². The number of para-hydroxylation sites is 2. The quantitative estimate of drug-likeness (QED) is 0.515. The number of nitrogen functional groups attached to an aromatic ring is 1. The number of benzene rings is 1. The van der Waals surface area contributed by atoms with E-state index in [9.17, 15) is 14.4 Å². The molecule has 0 fully saturated rings. The highest BCUT2D eigenvalue weighted by atomic mass is 32.2. The van der Waals surface area contributed by atoms with Crippen LogP contribution in [0.5, 0.6) is 5.75 Å². The maximum atomic E-state index is 12.5. The van der Waals surface area contributed by atoms with Gasteiger partial charge >= 0.3 is 0 Å². The van der Waals surface area contributed by atoms with Gasteiger partial charge in [0.2, 0.25) is 5.91 Å². The number of anilines is 2. The molecule has 1 heterocycles. The van der Waals surface area contributed by atoms with Crippen molar-refractivity contribution in [1.82, 2.24) is 4.98 Å². The topological polar surface area (TPSA) is 163 Å². The van der Waals surface area contributed by atoms with Crippen molar-refractivity contribution in [3.63, 3.8) is 0 Å². The van der Waals surface area contributed by atoms with Crippen molar-refractivity contribution in [1.29, 1.82) is 0 Å². The summed E-state index contributed by atoms with van der Waals surface area (Å²) in [7, 11) is 1.47. The van der Waals surface area contributed by atoms with Gasteiger partial charge in [-0.25, -0.2) is 4.98 Å². The number of amides is 3. The van der Waals surface area contributed by atoms with Crippen molar-refractivity contribution < 1.29 is 19.1 Å². The van der Waals surface area contributed by atoms with E-state index in [1.54, 1.807) is 24.3 Å². The summed E-state index contributed by atoms with van der Waals surface area (Å²) in [4.78, 5) is 39.1. The summed E-state index contributed by atoms with van der Waals surface area (Å²) in [5.41, 5.74) is 16.6. The normalized spacial score (nSPS) is 10.2. The van der Waals surface area contributed by atoms with Crippen LogP contribution >= 0.6 is 11.8 Å². The lowest BCUT2D eigenvalue weighted by Crippen LogP contribution is -2.20. The van der Waals surface area contributed by atoms with E-state index < -0.39 is 17.7 Å². The first-order chi connectivity index (χ1) is 12.3. The molecule has 0 aliphatic rings. The lowest BCUT2D eigenvalue weighted by molar-refractivity contribution is -0.115. The molecule has 0 aliphatic heterocycles. The molecule has 0 radical (unpaired) electrons. The summed E-state index contributed by atoms with van der Waals surface area (Å²) >= 11 is 0.910. The Hall–Kier alpha value is -3.27. The van der Waals surface area contributed by atoms with Crippen LogP contribution < -0.4 is 27.3 Å². The number of ether oxygens (including phenoxy) is 1. The number of methoxy groups -OCH3 is 1. The summed E-state index contributed by atoms with van der Waals surface area (Å²) in [5.74, 6) is -1.77. The standard InChI is InChI=1S/C16H17N5O4S/c1-25-11-5-3-2-4-10(11)20-15(24)8-6-9(14(19)23)16(21-13(8)18)26-7-12(17)22/h2-6H,7H2,1H3,(H2,17,22)(H2,18,21)(H2,19,23)(H,20,24). The highest BCUT2D eigenvalue weighted by molar-refractivity contribution is 8.00. The smallest absolute Gasteiger partial charge is 0.259 e. The molecule has 1 aromatic heterocycles. The van der Waals surface area contributed by atoms with E-state index in [2.05, 4.69) is 10.3 Å². The molecule has 0 spiro atoms. The van der Waals surface area contributed by atoms with E-state index in [0.29, 0.717) is 11.4 Å². The average Bonchev–Trinajstić information content (AvgIpc) is 2.59. The fraction of sp³-hybridized carbons (Fsp3) is 0.125. The van der Waals surface area contributed by atoms with Crippen LogP contribution in [-0.2, 0) is 4.79 Å². The van der Waals surface area contributed by atoms with Crippen molar-refractivity contribution in [2.24, 2.45) is 11.5 Å². The van der Waals surface area contributed by atoms with Crippen molar-refractivity contribution >= 4 is 41.0 Å². The van der Waals surface area contributed by atoms with Crippen molar-refractivity contribution in [3.8, 4) is 5.75 Å². The zero-order valence-electron chi connectivity index (χ0n) is 13.8. The number of aromatic nitrogens is 1. The predicted octanol–water partition coefficient (Wildman–Crippen LogP) is 0.601. The molecule has 0 unspecified atom stereocenters. The first-order valence-corrected chi connectivity index (χ1v) is 8.27. The number of nitrogens with zero attached hydrogens (tertiary/aromatic N) is 1. The second kappa shape index (κ2) is 8.21. The fourth-order valence-electron chi connectivity index (χ4n) is 2.06. The van der Waals surface area contributed by atoms with Gasteiger partial charge in [0.25, 0.3) is 11.8 Å². The van der Waals surface area contributed by atoms with Gasteiger partial charge in [-0.05, 0) is 18.2 Å². The van der Waals surface area contributed by atoms with Crippen LogP contribution in [0.4, 0.5) is 11.5 Å². The van der Waals surface area contributed by atoms with Crippen LogP contribution in [0.15, 0.2) is 35.4 Å². The van der Waals surface area contributed by atoms with Crippen molar-refractivity contribution in [2.75, 3.05) is 23.9 Å². The number of carbonyl (C=O) groups is 3. The van der Waals surface area contributed by atoms with E-state index in [0.717, 1.165) is 11.8 Å². The van der Waals surface area contributed by atoms with Gasteiger partial charge in [-0.3, -0.25) is 14.4 Å². The van der Waals surface area contributed by atoms with Gasteiger partial charge in [0.1, 0.15) is 16.6 Å². The van der Waals surface area contributed by atoms with Crippen molar-refractivity contribution in [3.05, 3.63) is 41.5 Å². The molecule has 0 saturated heterocycles. The summed E-state index contributed by atoms with van der Waals surface area (Å²) in [6.07, 6.45) is 0. The number of carbonyl (C=O) groups excluding carboxylic acids is 3. The molecular formula is C16H17N5O4S. The minimum atomic E-state index is -0.809. The monoisotopic (exact) mass is 375 g/mol. The second-order valence-corrected chi connectivity index (χ2v) is 6.01. The molecule has 9 nitrogen and oxygen atoms in total. The molecule has 26 heavy (non-hydrogen) atoms. The zero-order valence-corrected chi connectivity index (χ0v) is 14.6. The molecule has 2 rings (SSSR count). The number of pyridine rings is 1. The molecule has 7 N–H and O–H groups in total. The summed E-state index contributed by atoms with van der Waals surface area (Å²) in [5, 5.41) is 2.76. The second-order valence-electron chi connectivity index (χ2n) is 5.05. The minimum absolute atomic E-state index is 0.0318. The molecule has 136 valence electrons. The van der Waals surface area contributed by atoms with Crippen molar-refractivity contribution in [2.45, 2.75) is 5.03 Å². The lowest BCUT2D eigenvalue weighted by atomic mass is 10.1. The molecule has 0 bridgehead atoms. The Morgan fingerprint density at radius 3 is 2.50 bits per heavy atom. The Labute approximate surface area is 153 Å². The van der Waals surface area contributed by atoms with Gasteiger partial charge in [0, 0.05) is 0 Å². The maximum absolute atomic E-state index is 12.5. The number of hydrogen-bond donors (Lipinski definition) is 4. The Kier molecular flexibility index (Phi) is 6.02. The summed E-state index contributed by atoms with van der Waals surface area (Å²) in [6, 6.07) is 8.03. The third kappa shape index (κ3) is 4.42. The van der Waals surface area contributed by atoms with Gasteiger partial charge in [0.15, 0.2) is 0 Å². The van der Waals surface area contributed by atoms with E-state index in [1.165, 1.54) is 13.2 Å². The van der Waals surface area contributed by atoms with Crippen LogP contribution in [0.3, 0.4) is 0 Å². The van der Waals surface area contributed by atoms with Gasteiger partial charge in [-0.1, -0.05) is 23.9 Å². The minimum Gasteiger partial charge on any atom is -0.495 e. The molecule has 10 heteroatoms. The molecule has 0 aliphatic carbocycles. The lowest BCUT2D eigenvalue weighted by Gasteiger charge is -2.13. The number of hydrogen-bond acceptors (Lipinski definition) is 7. The first kappa shape index (κ1) is 19.1. The molecule has 2 aromatic rings. The number of nitrogens with one attached hydrogen (secondary N) is 1. The van der Waals surface area contributed by atoms with E-state index in [4.69, 9.17) is 21.9 Å². The number of rotatable bonds is 7. The van der Waals surface area contributed by atoms with E-state index in [1.807, 2.05) is 0 Å². The fourth-order valence-corrected chi connectivity index (χ4v) is 2.81. The SMILES string of the molecule is COc1ccccc1NC(=O)c1cc(C(N)=O)c(SCC(N)=O)nc1N. The first-order valence-electron chi connectivity index (χ1n) is 7.29. The summed E-state index contributed by atoms with van der Waals surface area (Å²) < 4.78 is 5.16. The molecule has 3 amide bonds. The molecule has 0 atom stereocenters. The van der Waals surface area contributed by atoms with Gasteiger partial charge in [-0.2, -0.15) is 0 Å². The summed E-state index contributed by atoms with van der Waals surface area (Å²) in [6.45, 7) is 0. The molecular weight excluding hydrogens is 358 g/mol. The van der Waals surface area contributed by atoms with Crippen LogP contribution in [0, 0.1) is 0 Å². The van der Waals surface area contributed by atoms with E-state index in [-0.39, 0.29) is 27.7 Å². The number of thioether (sulfide) groups is 1. The third-order valence-corrected chi connectivity index (χ3v) is 4.25. The van der Waals surface area contributed by atoms with Crippen LogP contribution in [0.2, 0.25) is 0 Å².